The first-order valence-corrected chi connectivity index (χ1v) is 1.85. The van der Waals surface area contributed by atoms with Gasteiger partial charge in [0, 0.05) is 0 Å². The Hall–Kier alpha value is 0.0800. The Kier molecular flexibility index (Phi) is 1.71. The van der Waals surface area contributed by atoms with Crippen molar-refractivity contribution in [3.05, 3.63) is 6.92 Å². The van der Waals surface area contributed by atoms with Gasteiger partial charge in [0.1, 0.15) is 0 Å². The maximum absolute atomic E-state index is 9.73. The van der Waals surface area contributed by atoms with Crippen molar-refractivity contribution in [3.63, 3.8) is 0 Å². The summed E-state index contributed by atoms with van der Waals surface area (Å²) in [5.41, 5.74) is 0. The molecular weight excluding hydrogens is 103 g/mol. The summed E-state index contributed by atoms with van der Waals surface area (Å²) in [6.45, 7) is 3.06. The van der Waals surface area contributed by atoms with Crippen molar-refractivity contribution in [2.45, 2.75) is 11.7 Å². The van der Waals surface area contributed by atoms with Crippen LogP contribution in [0.3, 0.4) is 0 Å². The van der Waals surface area contributed by atoms with Crippen LogP contribution in [-0.4, -0.2) is 10.4 Å². The van der Waals surface area contributed by atoms with E-state index in [1.54, 1.807) is 0 Å². The highest BCUT2D eigenvalue weighted by molar-refractivity contribution is 6.21. The molecule has 1 radical (unpaired) electrons. The van der Waals surface area contributed by atoms with E-state index < -0.39 is 5.25 Å². The van der Waals surface area contributed by atoms with Gasteiger partial charge in [0.05, 0.1) is 6.92 Å². The van der Waals surface area contributed by atoms with E-state index >= 15 is 0 Å². The van der Waals surface area contributed by atoms with Crippen LogP contribution in [0.1, 0.15) is 6.42 Å². The van der Waals surface area contributed by atoms with Crippen LogP contribution in [-0.2, 0) is 5.11 Å². The van der Waals surface area contributed by atoms with Crippen LogP contribution in [0.25, 0.3) is 0 Å². The predicted octanol–water partition coefficient (Wildman–Crippen LogP) is 0.526. The fourth-order valence-corrected chi connectivity index (χ4v) is 0. The zero-order chi connectivity index (χ0) is 5.21. The largest absolute Gasteiger partial charge is 0.348 e. The molecule has 0 aliphatic heterocycles. The van der Waals surface area contributed by atoms with Gasteiger partial charge in [-0.3, -0.25) is 0 Å². The summed E-state index contributed by atoms with van der Waals surface area (Å²) in [4.78, 5) is 0. The van der Waals surface area contributed by atoms with E-state index in [-0.39, 0.29) is 6.42 Å². The van der Waals surface area contributed by atoms with Gasteiger partial charge in [-0.25, -0.2) is 0 Å². The molecule has 0 amide bonds. The topological polar surface area (TPSA) is 40.1 Å². The van der Waals surface area contributed by atoms with Crippen molar-refractivity contribution < 1.29 is 10.2 Å². The van der Waals surface area contributed by atoms with Gasteiger partial charge in [0.25, 0.3) is 0 Å². The molecule has 0 heterocycles. The SMILES string of the molecule is [CH2+]CC([O])(O)Cl. The minimum absolute atomic E-state index is 0.214. The second-order valence-corrected chi connectivity index (χ2v) is 1.53. The van der Waals surface area contributed by atoms with Crippen molar-refractivity contribution in [2.75, 3.05) is 0 Å². The maximum atomic E-state index is 9.73. The van der Waals surface area contributed by atoms with Crippen LogP contribution < -0.4 is 0 Å². The summed E-state index contributed by atoms with van der Waals surface area (Å²) in [5.74, 6) is 0. The van der Waals surface area contributed by atoms with Gasteiger partial charge in [0.15, 0.2) is 6.42 Å². The highest BCUT2D eigenvalue weighted by Crippen LogP contribution is 2.09. The highest BCUT2D eigenvalue weighted by atomic mass is 35.5. The van der Waals surface area contributed by atoms with E-state index in [4.69, 9.17) is 5.11 Å². The van der Waals surface area contributed by atoms with E-state index in [1.165, 1.54) is 0 Å². The maximum Gasteiger partial charge on any atom is 0.316 e. The smallest absolute Gasteiger partial charge is 0.316 e. The average molecular weight is 109 g/mol. The van der Waals surface area contributed by atoms with Gasteiger partial charge in [-0.1, -0.05) is 0 Å². The molecule has 0 aromatic rings. The fraction of sp³-hybridized carbons (Fsp3) is 0.667. The monoisotopic (exact) mass is 108 g/mol. The number of aliphatic hydroxyl groups is 1. The number of alkyl halides is 1. The number of rotatable bonds is 1. The van der Waals surface area contributed by atoms with Crippen LogP contribution in [0.15, 0.2) is 0 Å². The van der Waals surface area contributed by atoms with Crippen LogP contribution in [0.5, 0.6) is 0 Å². The van der Waals surface area contributed by atoms with Crippen LogP contribution >= 0.6 is 11.6 Å². The molecule has 2 nitrogen and oxygen atoms in total. The second kappa shape index (κ2) is 1.69. The fourth-order valence-electron chi connectivity index (χ4n) is 0. The molecular formula is C3H5ClO2+. The van der Waals surface area contributed by atoms with Crippen molar-refractivity contribution in [1.82, 2.24) is 0 Å². The van der Waals surface area contributed by atoms with E-state index in [1.807, 2.05) is 0 Å². The molecule has 0 aliphatic carbocycles. The van der Waals surface area contributed by atoms with Gasteiger partial charge in [-0.05, 0) is 11.6 Å². The zero-order valence-electron chi connectivity index (χ0n) is 3.15. The lowest BCUT2D eigenvalue weighted by Crippen LogP contribution is -2.14. The Bertz CT molecular complexity index is 38.5. The molecule has 0 rings (SSSR count). The first-order chi connectivity index (χ1) is 2.56. The van der Waals surface area contributed by atoms with Gasteiger partial charge in [-0.2, -0.15) is 5.11 Å². The standard InChI is InChI=1S/C3H5ClO2/c1-2-3(4,5)6/h5H,1-2H2/q+1. The van der Waals surface area contributed by atoms with Crippen molar-refractivity contribution >= 4 is 11.6 Å². The van der Waals surface area contributed by atoms with Gasteiger partial charge in [0.2, 0.25) is 0 Å². The second-order valence-electron chi connectivity index (χ2n) is 0.939. The number of hydrogen-bond acceptors (Lipinski definition) is 1. The number of halogens is 1. The lowest BCUT2D eigenvalue weighted by molar-refractivity contribution is -0.131. The van der Waals surface area contributed by atoms with E-state index in [0.717, 1.165) is 0 Å². The Balaban J connectivity index is 3.17. The van der Waals surface area contributed by atoms with Crippen LogP contribution in [0.4, 0.5) is 0 Å². The highest BCUT2D eigenvalue weighted by Gasteiger charge is 2.21. The molecule has 0 aromatic heterocycles. The van der Waals surface area contributed by atoms with Gasteiger partial charge >= 0.3 is 5.25 Å². The summed E-state index contributed by atoms with van der Waals surface area (Å²) < 4.78 is 0. The van der Waals surface area contributed by atoms with Crippen molar-refractivity contribution in [1.29, 1.82) is 0 Å². The summed E-state index contributed by atoms with van der Waals surface area (Å²) in [6, 6.07) is 0. The third-order valence-electron chi connectivity index (χ3n) is 0.308. The van der Waals surface area contributed by atoms with Crippen LogP contribution in [0, 0.1) is 6.92 Å². The lowest BCUT2D eigenvalue weighted by atomic mass is 10.5. The third-order valence-corrected chi connectivity index (χ3v) is 0.497. The average Bonchev–Trinajstić information content (AvgIpc) is 1.35. The van der Waals surface area contributed by atoms with Gasteiger partial charge in [-0.15, -0.1) is 0 Å². The molecule has 0 aromatic carbocycles. The first kappa shape index (κ1) is 6.08. The lowest BCUT2D eigenvalue weighted by Gasteiger charge is -1.98. The molecule has 1 N–H and O–H groups in total. The Morgan fingerprint density at radius 3 is 2.17 bits per heavy atom. The Morgan fingerprint density at radius 1 is 2.00 bits per heavy atom. The molecule has 1 unspecified atom stereocenters. The molecule has 0 aliphatic rings. The molecule has 0 spiro atoms. The molecule has 0 saturated heterocycles. The first-order valence-electron chi connectivity index (χ1n) is 1.47. The molecule has 6 heavy (non-hydrogen) atoms. The van der Waals surface area contributed by atoms with Crippen molar-refractivity contribution in [3.8, 4) is 0 Å². The van der Waals surface area contributed by atoms with E-state index in [2.05, 4.69) is 18.5 Å². The quantitative estimate of drug-likeness (QED) is 0.297. The molecule has 1 atom stereocenters. The molecule has 0 saturated carbocycles. The minimum atomic E-state index is -2.35. The Morgan fingerprint density at radius 2 is 2.17 bits per heavy atom. The molecule has 3 heteroatoms. The van der Waals surface area contributed by atoms with Gasteiger partial charge < -0.3 is 5.11 Å². The summed E-state index contributed by atoms with van der Waals surface area (Å²) in [5, 5.41) is 15.4. The summed E-state index contributed by atoms with van der Waals surface area (Å²) >= 11 is 4.66. The predicted molar refractivity (Wildman–Crippen MR) is 21.5 cm³/mol. The van der Waals surface area contributed by atoms with E-state index in [9.17, 15) is 5.11 Å². The van der Waals surface area contributed by atoms with E-state index in [0.29, 0.717) is 0 Å². The number of hydrogen-bond donors (Lipinski definition) is 1. The normalized spacial score (nSPS) is 11.8. The molecule has 0 bridgehead atoms. The zero-order valence-corrected chi connectivity index (χ0v) is 3.90. The van der Waals surface area contributed by atoms with Crippen LogP contribution in [0.2, 0.25) is 0 Å². The minimum Gasteiger partial charge on any atom is -0.348 e. The third kappa shape index (κ3) is 4.08. The molecule has 35 valence electrons. The summed E-state index contributed by atoms with van der Waals surface area (Å²) in [7, 11) is 0. The summed E-state index contributed by atoms with van der Waals surface area (Å²) in [6.07, 6.45) is -0.214. The molecule has 0 fully saturated rings. The van der Waals surface area contributed by atoms with Crippen molar-refractivity contribution in [2.24, 2.45) is 0 Å². The Labute approximate surface area is 41.4 Å².